The first-order valence-electron chi connectivity index (χ1n) is 29.7. The predicted molar refractivity (Wildman–Crippen MR) is 403 cm³/mol. The van der Waals surface area contributed by atoms with E-state index in [0.29, 0.717) is 87.4 Å². The van der Waals surface area contributed by atoms with Gasteiger partial charge >= 0.3 is 0 Å². The Hall–Kier alpha value is -9.18. The Morgan fingerprint density at radius 2 is 0.664 bits per heavy atom. The van der Waals surface area contributed by atoms with Crippen LogP contribution < -0.4 is 16.8 Å². The van der Waals surface area contributed by atoms with Crippen LogP contribution in [0.4, 0.5) is 51.2 Å². The average Bonchev–Trinajstić information content (AvgIpc) is 0.760. The topological polar surface area (TPSA) is 649 Å². The molecule has 0 aliphatic heterocycles. The monoisotopic (exact) mass is 1750 g/mol. The number of hydrogen-bond donors (Lipinski definition) is 16. The highest BCUT2D eigenvalue weighted by atomic mass is 32.2. The van der Waals surface area contributed by atoms with Gasteiger partial charge in [0.05, 0.1) is 107 Å². The summed E-state index contributed by atoms with van der Waals surface area (Å²) >= 11 is 2.79. The van der Waals surface area contributed by atoms with E-state index in [9.17, 15) is 67.2 Å². The highest BCUT2D eigenvalue weighted by Gasteiger charge is 2.27. The molecule has 0 saturated carbocycles. The van der Waals surface area contributed by atoms with Gasteiger partial charge in [0, 0.05) is 72.3 Å². The molecule has 0 aromatic heterocycles. The van der Waals surface area contributed by atoms with Crippen molar-refractivity contribution in [2.45, 2.75) is 49.0 Å². The molecule has 0 spiro atoms. The summed E-state index contributed by atoms with van der Waals surface area (Å²) in [5, 5.41) is 137. The molecule has 0 fully saturated rings. The Morgan fingerprint density at radius 3 is 1.02 bits per heavy atom. The fourth-order valence-electron chi connectivity index (χ4n) is 10.7. The number of nitrogens with zero attached hydrogens (tertiary/aromatic N) is 6. The number of nitrogens with one attached hydrogen (secondary N) is 1. The molecule has 0 atom stereocenters. The second-order valence-corrected chi connectivity index (χ2v) is 31.5. The summed E-state index contributed by atoms with van der Waals surface area (Å²) in [5.74, 6) is -1.17. The Labute approximate surface area is 657 Å². The Kier molecular flexibility index (Phi) is 28.9. The van der Waals surface area contributed by atoms with Gasteiger partial charge in [0.25, 0.3) is 40.5 Å². The molecule has 0 aliphatic rings. The van der Waals surface area contributed by atoms with Crippen LogP contribution in [-0.4, -0.2) is 106 Å². The number of azo groups is 3. The first kappa shape index (κ1) is 86.2. The molecule has 12 rings (SSSR count). The van der Waals surface area contributed by atoms with Gasteiger partial charge in [-0.25, -0.2) is 31.5 Å². The molecule has 12 aromatic rings. The molecule has 0 saturated heterocycles. The number of phenols is 3. The van der Waals surface area contributed by atoms with Crippen LogP contribution in [0.1, 0.15) is 0 Å². The van der Waals surface area contributed by atoms with Crippen LogP contribution in [-0.2, 0) is 96.7 Å². The van der Waals surface area contributed by atoms with Gasteiger partial charge in [-0.05, 0) is 114 Å². The SMILES string of the molecule is CNc1ccc2c(O)c(N=Nc3ccc4c(S(=O)(=O)O)cccc4c3SOOO)c(SOOO)cc2c1.Nc1ccc2c(O)c(N=Nc3ccc4c(S(=O)(=O)O)cccc4c3SOOO)c(SOOO)cc2c1.Nc1ccc2c(O)c(N=Nc3ccc4c(S(=O)(=O)O)cccc4c3SOOO)c(SOOO)cc2c1S(=O)(=O)O. The lowest BCUT2D eigenvalue weighted by Crippen LogP contribution is -2.04. The highest BCUT2D eigenvalue weighted by Crippen LogP contribution is 2.51. The third kappa shape index (κ3) is 20.1. The molecule has 0 heterocycles. The zero-order valence-electron chi connectivity index (χ0n) is 55.4. The molecule has 0 unspecified atom stereocenters. The maximum atomic E-state index is 12.0. The molecular formula is C61H47N9O33S10. The summed E-state index contributed by atoms with van der Waals surface area (Å²) in [6.45, 7) is 0. The highest BCUT2D eigenvalue weighted by molar-refractivity contribution is 7.96. The minimum Gasteiger partial charge on any atom is -0.505 e. The van der Waals surface area contributed by atoms with E-state index in [1.54, 1.807) is 55.6 Å². The Bertz CT molecular complexity index is 6230. The van der Waals surface area contributed by atoms with Crippen LogP contribution in [0.2, 0.25) is 0 Å². The van der Waals surface area contributed by atoms with Crippen LogP contribution in [0.15, 0.2) is 237 Å². The molecular weight excluding hydrogens is 1710 g/mol. The van der Waals surface area contributed by atoms with Crippen molar-refractivity contribution in [1.82, 2.24) is 0 Å². The quantitative estimate of drug-likeness (QED) is 0.00517. The second-order valence-electron chi connectivity index (χ2n) is 21.6. The number of benzene rings is 12. The van der Waals surface area contributed by atoms with E-state index < -0.39 is 56.0 Å². The summed E-state index contributed by atoms with van der Waals surface area (Å²) in [5.41, 5.74) is 12.2. The first-order chi connectivity index (χ1) is 53.9. The van der Waals surface area contributed by atoms with Crippen LogP contribution in [0.25, 0.3) is 64.6 Å². The third-order valence-corrected chi connectivity index (χ3v) is 23.0. The van der Waals surface area contributed by atoms with Gasteiger partial charge in [-0.2, -0.15) is 33.7 Å². The summed E-state index contributed by atoms with van der Waals surface area (Å²) in [6.07, 6.45) is 0. The third-order valence-electron chi connectivity index (χ3n) is 15.3. The first-order valence-corrected chi connectivity index (χ1v) is 39.9. The van der Waals surface area contributed by atoms with Crippen LogP contribution in [0, 0.1) is 0 Å². The van der Waals surface area contributed by atoms with Crippen molar-refractivity contribution >= 4 is 229 Å². The molecule has 0 radical (unpaired) electrons. The number of rotatable bonds is 29. The van der Waals surface area contributed by atoms with Gasteiger partial charge < -0.3 is 32.1 Å². The van der Waals surface area contributed by atoms with E-state index in [1.807, 2.05) is 0 Å². The summed E-state index contributed by atoms with van der Waals surface area (Å²) in [7, 11) is -16.9. The lowest BCUT2D eigenvalue weighted by atomic mass is 10.1. The fourth-order valence-corrected chi connectivity index (χ4v) is 16.8. The van der Waals surface area contributed by atoms with Gasteiger partial charge in [-0.1, -0.05) is 84.8 Å². The zero-order chi connectivity index (χ0) is 81.7. The number of hydrogen-bond acceptors (Lipinski definition) is 44. The minimum atomic E-state index is -4.86. The molecule has 594 valence electrons. The Balaban J connectivity index is 0.000000180. The smallest absolute Gasteiger partial charge is 0.297 e. The normalized spacial score (nSPS) is 12.3. The number of nitrogen functional groups attached to an aromatic ring is 2. The fraction of sp³-hybridized carbons (Fsp3) is 0.0164. The van der Waals surface area contributed by atoms with E-state index in [4.69, 9.17) is 43.0 Å². The van der Waals surface area contributed by atoms with Crippen LogP contribution in [0.3, 0.4) is 0 Å². The molecule has 12 aromatic carbocycles. The molecule has 18 N–H and O–H groups in total. The van der Waals surface area contributed by atoms with E-state index in [-0.39, 0.29) is 146 Å². The van der Waals surface area contributed by atoms with Crippen molar-refractivity contribution in [1.29, 1.82) is 0 Å². The van der Waals surface area contributed by atoms with E-state index in [1.165, 1.54) is 91.0 Å². The van der Waals surface area contributed by atoms with E-state index in [2.05, 4.69) is 92.2 Å². The van der Waals surface area contributed by atoms with Crippen molar-refractivity contribution < 1.29 is 155 Å². The predicted octanol–water partition coefficient (Wildman–Crippen LogP) is 17.1. The number of anilines is 3. The zero-order valence-corrected chi connectivity index (χ0v) is 63.6. The summed E-state index contributed by atoms with van der Waals surface area (Å²) in [4.78, 5) is -1.22. The van der Waals surface area contributed by atoms with Gasteiger partial charge in [-0.15, -0.1) is 56.7 Å². The molecule has 0 aliphatic carbocycles. The number of nitrogens with two attached hydrogens (primary N) is 2. The van der Waals surface area contributed by atoms with Gasteiger partial charge in [0.2, 0.25) is 0 Å². The van der Waals surface area contributed by atoms with Crippen molar-refractivity contribution in [2.75, 3.05) is 23.8 Å². The minimum absolute atomic E-state index is 0.0206. The summed E-state index contributed by atoms with van der Waals surface area (Å²) in [6, 6.07) is 37.0. The number of phenolic OH excluding ortho intramolecular Hbond substituents is 3. The molecule has 113 heavy (non-hydrogen) atoms. The maximum Gasteiger partial charge on any atom is 0.297 e. The van der Waals surface area contributed by atoms with Crippen molar-refractivity contribution in [3.63, 3.8) is 0 Å². The van der Waals surface area contributed by atoms with Crippen molar-refractivity contribution in [3.05, 3.63) is 158 Å². The van der Waals surface area contributed by atoms with Crippen molar-refractivity contribution in [3.8, 4) is 17.2 Å². The second kappa shape index (κ2) is 37.8. The number of fused-ring (bicyclic) bond motifs is 6. The Morgan fingerprint density at radius 1 is 0.336 bits per heavy atom. The van der Waals surface area contributed by atoms with E-state index >= 15 is 0 Å². The maximum absolute atomic E-state index is 12.0. The van der Waals surface area contributed by atoms with Gasteiger partial charge in [0.1, 0.15) is 53.7 Å². The molecule has 42 nitrogen and oxygen atoms in total. The van der Waals surface area contributed by atoms with Gasteiger partial charge in [-0.3, -0.25) is 18.2 Å². The van der Waals surface area contributed by atoms with Crippen LogP contribution >= 0.6 is 72.3 Å². The lowest BCUT2D eigenvalue weighted by Gasteiger charge is -2.13. The largest absolute Gasteiger partial charge is 0.505 e. The lowest BCUT2D eigenvalue weighted by molar-refractivity contribution is -0.432. The van der Waals surface area contributed by atoms with Crippen LogP contribution in [0.5, 0.6) is 17.2 Å². The number of aromatic hydroxyl groups is 3. The molecule has 0 bridgehead atoms. The van der Waals surface area contributed by atoms with Crippen molar-refractivity contribution in [2.24, 2.45) is 30.7 Å². The molecule has 52 heteroatoms. The summed E-state index contributed by atoms with van der Waals surface area (Å²) < 4.78 is 160. The standard InChI is InChI=1S/C21H17N3O10S3.C20H15N3O13S4.C20H15N3O10S3/c1-22-12-5-6-13-11(9-12)10-17(35-33-31-26)19(20(13)25)24-23-16-8-7-14-15(21(16)36-34-32-27)3-2-4-18(14)37(28,29)30;21-13-6-4-10-12(20(13)40(30,31)32)8-15(37-35-33-25)17(18(10)24)23-22-14-7-5-9-11(19(14)38-36-34-26)2-1-3-16(9)39(27,28)29;21-11-4-5-12-10(8-11)9-16(34-32-30-25)18(19(12)24)23-22-15-7-6-13-14(20(15)35-33-31-26)2-1-3-17(13)36(27,28)29/h2-10,22,25-27H,1H3,(H,28,29,30);1-8,24-26H,21H2,(H,27,28,29)(H,30,31,32);1-9,24-26H,21H2,(H,27,28,29). The van der Waals surface area contributed by atoms with E-state index in [0.717, 1.165) is 23.9 Å². The average molecular weight is 1750 g/mol. The van der Waals surface area contributed by atoms with Gasteiger partial charge in [0.15, 0.2) is 17.2 Å². The molecule has 0 amide bonds.